The third-order valence-electron chi connectivity index (χ3n) is 2.65. The second-order valence-corrected chi connectivity index (χ2v) is 3.60. The fourth-order valence-corrected chi connectivity index (χ4v) is 1.89. The lowest BCUT2D eigenvalue weighted by atomic mass is 10.2. The fourth-order valence-electron chi connectivity index (χ4n) is 1.89. The standard InChI is InChI=1S/C9H21N3/c1-4-12-6-5-11(3)8-9(12)7-10-2/h9-10H,4-8H2,1-3H3. The quantitative estimate of drug-likeness (QED) is 0.637. The van der Waals surface area contributed by atoms with Crippen LogP contribution in [-0.4, -0.2) is 62.7 Å². The minimum atomic E-state index is 0.707. The lowest BCUT2D eigenvalue weighted by Gasteiger charge is -2.39. The van der Waals surface area contributed by atoms with Gasteiger partial charge in [0, 0.05) is 32.2 Å². The van der Waals surface area contributed by atoms with Gasteiger partial charge in [0.2, 0.25) is 0 Å². The van der Waals surface area contributed by atoms with Gasteiger partial charge in [0.05, 0.1) is 0 Å². The Morgan fingerprint density at radius 1 is 1.42 bits per heavy atom. The lowest BCUT2D eigenvalue weighted by molar-refractivity contribution is 0.0956. The van der Waals surface area contributed by atoms with E-state index >= 15 is 0 Å². The molecule has 0 saturated carbocycles. The predicted octanol–water partition coefficient (Wildman–Crippen LogP) is -0.158. The van der Waals surface area contributed by atoms with Crippen LogP contribution in [0.1, 0.15) is 6.92 Å². The number of nitrogens with zero attached hydrogens (tertiary/aromatic N) is 2. The summed E-state index contributed by atoms with van der Waals surface area (Å²) in [5.74, 6) is 0. The molecule has 12 heavy (non-hydrogen) atoms. The average molecular weight is 171 g/mol. The highest BCUT2D eigenvalue weighted by molar-refractivity contribution is 4.80. The van der Waals surface area contributed by atoms with E-state index in [0.717, 1.165) is 6.54 Å². The number of hydrogen-bond acceptors (Lipinski definition) is 3. The monoisotopic (exact) mass is 171 g/mol. The maximum atomic E-state index is 3.25. The molecule has 0 radical (unpaired) electrons. The molecule has 3 heteroatoms. The Labute approximate surface area is 75.7 Å². The van der Waals surface area contributed by atoms with E-state index in [-0.39, 0.29) is 0 Å². The zero-order valence-electron chi connectivity index (χ0n) is 8.51. The summed E-state index contributed by atoms with van der Waals surface area (Å²) in [6.45, 7) is 8.18. The Kier molecular flexibility index (Phi) is 3.98. The molecule has 1 N–H and O–H groups in total. The second kappa shape index (κ2) is 4.80. The van der Waals surface area contributed by atoms with E-state index < -0.39 is 0 Å². The minimum Gasteiger partial charge on any atom is -0.318 e. The number of rotatable bonds is 3. The predicted molar refractivity (Wildman–Crippen MR) is 52.5 cm³/mol. The number of piperazine rings is 1. The molecule has 0 aromatic heterocycles. The van der Waals surface area contributed by atoms with Crippen LogP contribution in [0.2, 0.25) is 0 Å². The molecule has 1 atom stereocenters. The van der Waals surface area contributed by atoms with Crippen LogP contribution in [0.25, 0.3) is 0 Å². The van der Waals surface area contributed by atoms with E-state index in [1.54, 1.807) is 0 Å². The van der Waals surface area contributed by atoms with Crippen LogP contribution in [0.4, 0.5) is 0 Å². The highest BCUT2D eigenvalue weighted by Crippen LogP contribution is 2.06. The molecule has 1 rings (SSSR count). The molecular weight excluding hydrogens is 150 g/mol. The van der Waals surface area contributed by atoms with E-state index in [9.17, 15) is 0 Å². The van der Waals surface area contributed by atoms with Crippen molar-refractivity contribution in [1.29, 1.82) is 0 Å². The minimum absolute atomic E-state index is 0.707. The van der Waals surface area contributed by atoms with Crippen molar-refractivity contribution in [2.45, 2.75) is 13.0 Å². The lowest BCUT2D eigenvalue weighted by Crippen LogP contribution is -2.54. The number of hydrogen-bond donors (Lipinski definition) is 1. The highest BCUT2D eigenvalue weighted by atomic mass is 15.3. The summed E-state index contributed by atoms with van der Waals surface area (Å²) >= 11 is 0. The van der Waals surface area contributed by atoms with Crippen LogP contribution < -0.4 is 5.32 Å². The summed E-state index contributed by atoms with van der Waals surface area (Å²) < 4.78 is 0. The topological polar surface area (TPSA) is 18.5 Å². The first-order valence-corrected chi connectivity index (χ1v) is 4.85. The van der Waals surface area contributed by atoms with Crippen molar-refractivity contribution in [3.8, 4) is 0 Å². The molecule has 0 aromatic carbocycles. The summed E-state index contributed by atoms with van der Waals surface area (Å²) in [5.41, 5.74) is 0. The van der Waals surface area contributed by atoms with Gasteiger partial charge < -0.3 is 10.2 Å². The Balaban J connectivity index is 2.40. The first kappa shape index (κ1) is 9.96. The normalized spacial score (nSPS) is 27.8. The summed E-state index contributed by atoms with van der Waals surface area (Å²) in [6.07, 6.45) is 0. The highest BCUT2D eigenvalue weighted by Gasteiger charge is 2.22. The molecule has 1 fully saturated rings. The van der Waals surface area contributed by atoms with Gasteiger partial charge in [-0.05, 0) is 20.6 Å². The zero-order valence-corrected chi connectivity index (χ0v) is 8.51. The zero-order chi connectivity index (χ0) is 8.97. The van der Waals surface area contributed by atoms with Gasteiger partial charge in [0.25, 0.3) is 0 Å². The molecule has 1 aliphatic rings. The molecule has 1 unspecified atom stereocenters. The van der Waals surface area contributed by atoms with Crippen LogP contribution >= 0.6 is 0 Å². The van der Waals surface area contributed by atoms with E-state index in [1.807, 2.05) is 7.05 Å². The molecule has 1 heterocycles. The molecular formula is C9H21N3. The third-order valence-corrected chi connectivity index (χ3v) is 2.65. The van der Waals surface area contributed by atoms with Crippen LogP contribution in [0.5, 0.6) is 0 Å². The Bertz CT molecular complexity index is 127. The van der Waals surface area contributed by atoms with Crippen molar-refractivity contribution in [3.05, 3.63) is 0 Å². The van der Waals surface area contributed by atoms with Crippen molar-refractivity contribution in [2.75, 3.05) is 46.8 Å². The second-order valence-electron chi connectivity index (χ2n) is 3.60. The molecule has 72 valence electrons. The third kappa shape index (κ3) is 2.44. The summed E-state index contributed by atoms with van der Waals surface area (Å²) in [7, 11) is 4.23. The Hall–Kier alpha value is -0.120. The van der Waals surface area contributed by atoms with E-state index in [4.69, 9.17) is 0 Å². The van der Waals surface area contributed by atoms with Gasteiger partial charge in [-0.3, -0.25) is 4.90 Å². The van der Waals surface area contributed by atoms with Crippen molar-refractivity contribution in [3.63, 3.8) is 0 Å². The molecule has 1 aliphatic heterocycles. The summed E-state index contributed by atoms with van der Waals surface area (Å²) in [4.78, 5) is 4.96. The van der Waals surface area contributed by atoms with Gasteiger partial charge in [0.1, 0.15) is 0 Å². The van der Waals surface area contributed by atoms with Crippen LogP contribution in [0.3, 0.4) is 0 Å². The fraction of sp³-hybridized carbons (Fsp3) is 1.00. The maximum absolute atomic E-state index is 3.25. The smallest absolute Gasteiger partial charge is 0.0348 e. The SMILES string of the molecule is CCN1CCN(C)CC1CNC. The van der Waals surface area contributed by atoms with Crippen LogP contribution in [0, 0.1) is 0 Å². The van der Waals surface area contributed by atoms with Gasteiger partial charge in [-0.15, -0.1) is 0 Å². The molecule has 0 aliphatic carbocycles. The Morgan fingerprint density at radius 3 is 2.75 bits per heavy atom. The first-order valence-electron chi connectivity index (χ1n) is 4.85. The van der Waals surface area contributed by atoms with Crippen molar-refractivity contribution >= 4 is 0 Å². The van der Waals surface area contributed by atoms with Crippen molar-refractivity contribution in [2.24, 2.45) is 0 Å². The van der Waals surface area contributed by atoms with Gasteiger partial charge >= 0.3 is 0 Å². The molecule has 0 aromatic rings. The van der Waals surface area contributed by atoms with Gasteiger partial charge in [0.15, 0.2) is 0 Å². The van der Waals surface area contributed by atoms with Gasteiger partial charge in [-0.25, -0.2) is 0 Å². The molecule has 0 amide bonds. The first-order chi connectivity index (χ1) is 5.77. The molecule has 0 bridgehead atoms. The van der Waals surface area contributed by atoms with Crippen molar-refractivity contribution < 1.29 is 0 Å². The molecule has 1 saturated heterocycles. The largest absolute Gasteiger partial charge is 0.318 e. The number of likely N-dealkylation sites (N-methyl/N-ethyl adjacent to an activating group) is 3. The molecule has 3 nitrogen and oxygen atoms in total. The van der Waals surface area contributed by atoms with E-state index in [1.165, 1.54) is 26.2 Å². The summed E-state index contributed by atoms with van der Waals surface area (Å²) in [6, 6.07) is 0.707. The Morgan fingerprint density at radius 2 is 2.17 bits per heavy atom. The molecule has 0 spiro atoms. The number of nitrogens with one attached hydrogen (secondary N) is 1. The van der Waals surface area contributed by atoms with Gasteiger partial charge in [-0.1, -0.05) is 6.92 Å². The van der Waals surface area contributed by atoms with Crippen molar-refractivity contribution in [1.82, 2.24) is 15.1 Å². The maximum Gasteiger partial charge on any atom is 0.0348 e. The van der Waals surface area contributed by atoms with Gasteiger partial charge in [-0.2, -0.15) is 0 Å². The van der Waals surface area contributed by atoms with E-state index in [2.05, 4.69) is 29.1 Å². The average Bonchev–Trinajstić information content (AvgIpc) is 2.05. The van der Waals surface area contributed by atoms with Crippen LogP contribution in [0.15, 0.2) is 0 Å². The van der Waals surface area contributed by atoms with Crippen LogP contribution in [-0.2, 0) is 0 Å². The van der Waals surface area contributed by atoms with E-state index in [0.29, 0.717) is 6.04 Å². The summed E-state index contributed by atoms with van der Waals surface area (Å²) in [5, 5.41) is 3.25.